The van der Waals surface area contributed by atoms with Crippen molar-refractivity contribution in [3.05, 3.63) is 28.1 Å². The van der Waals surface area contributed by atoms with Crippen LogP contribution in [0.1, 0.15) is 41.0 Å². The SMILES string of the molecule is [C-]#[N+]CCOP(O[C@H](CC)Cn1cnc2c(=O)n(C)c(N=CN(C)C)nc21)N(C(C)C)C(C)C. The zero-order valence-corrected chi connectivity index (χ0v) is 22.4. The third kappa shape index (κ3) is 7.06. The molecule has 2 aromatic rings. The first kappa shape index (κ1) is 27.9. The van der Waals surface area contributed by atoms with Gasteiger partial charge in [0.2, 0.25) is 12.5 Å². The molecule has 0 aliphatic rings. The lowest BCUT2D eigenvalue weighted by atomic mass is 10.3. The molecular weight excluding hydrogens is 455 g/mol. The van der Waals surface area contributed by atoms with Gasteiger partial charge in [-0.1, -0.05) is 6.92 Å². The third-order valence-corrected chi connectivity index (χ3v) is 7.16. The number of hydrogen-bond acceptors (Lipinski definition) is 7. The van der Waals surface area contributed by atoms with E-state index >= 15 is 0 Å². The summed E-state index contributed by atoms with van der Waals surface area (Å²) in [5.74, 6) is 0.303. The molecule has 0 amide bonds. The van der Waals surface area contributed by atoms with E-state index < -0.39 is 8.53 Å². The zero-order valence-electron chi connectivity index (χ0n) is 21.5. The minimum absolute atomic E-state index is 0.198. The van der Waals surface area contributed by atoms with Crippen LogP contribution < -0.4 is 5.56 Å². The van der Waals surface area contributed by atoms with Crippen molar-refractivity contribution in [3.63, 3.8) is 0 Å². The molecule has 11 nitrogen and oxygen atoms in total. The predicted molar refractivity (Wildman–Crippen MR) is 136 cm³/mol. The van der Waals surface area contributed by atoms with Gasteiger partial charge in [-0.2, -0.15) is 4.98 Å². The molecule has 12 heteroatoms. The van der Waals surface area contributed by atoms with Gasteiger partial charge >= 0.3 is 0 Å². The van der Waals surface area contributed by atoms with Crippen LogP contribution in [0, 0.1) is 6.57 Å². The van der Waals surface area contributed by atoms with Gasteiger partial charge in [0.05, 0.1) is 25.3 Å². The summed E-state index contributed by atoms with van der Waals surface area (Å²) < 4.78 is 18.0. The van der Waals surface area contributed by atoms with E-state index in [1.54, 1.807) is 24.6 Å². The number of imidazole rings is 1. The average molecular weight is 493 g/mol. The van der Waals surface area contributed by atoms with Crippen molar-refractivity contribution in [3.8, 4) is 0 Å². The van der Waals surface area contributed by atoms with Gasteiger partial charge in [0.15, 0.2) is 11.2 Å². The highest BCUT2D eigenvalue weighted by molar-refractivity contribution is 7.44. The molecule has 0 fully saturated rings. The van der Waals surface area contributed by atoms with Crippen LogP contribution in [0.25, 0.3) is 16.0 Å². The molecule has 2 aromatic heterocycles. The summed E-state index contributed by atoms with van der Waals surface area (Å²) in [5.41, 5.74) is 0.515. The number of fused-ring (bicyclic) bond motifs is 1. The average Bonchev–Trinajstić information content (AvgIpc) is 3.16. The van der Waals surface area contributed by atoms with Gasteiger partial charge in [-0.25, -0.2) is 21.2 Å². The van der Waals surface area contributed by atoms with Crippen LogP contribution >= 0.6 is 8.53 Å². The molecule has 2 heterocycles. The summed E-state index contributed by atoms with van der Waals surface area (Å²) in [6, 6.07) is 0.430. The molecule has 0 saturated heterocycles. The van der Waals surface area contributed by atoms with Crippen molar-refractivity contribution in [1.82, 2.24) is 28.7 Å². The molecule has 2 rings (SSSR count). The maximum Gasteiger partial charge on any atom is 0.282 e. The van der Waals surface area contributed by atoms with Gasteiger partial charge in [0.1, 0.15) is 6.61 Å². The molecule has 0 aliphatic heterocycles. The van der Waals surface area contributed by atoms with Gasteiger partial charge in [-0.15, -0.1) is 0 Å². The quantitative estimate of drug-likeness (QED) is 0.139. The Morgan fingerprint density at radius 2 is 1.97 bits per heavy atom. The van der Waals surface area contributed by atoms with Crippen molar-refractivity contribution < 1.29 is 9.05 Å². The lowest BCUT2D eigenvalue weighted by Crippen LogP contribution is -2.35. The van der Waals surface area contributed by atoms with Crippen LogP contribution in [-0.4, -0.2) is 80.4 Å². The van der Waals surface area contributed by atoms with Crippen LogP contribution in [0.2, 0.25) is 0 Å². The van der Waals surface area contributed by atoms with Crippen molar-refractivity contribution in [2.45, 2.75) is 65.8 Å². The van der Waals surface area contributed by atoms with Gasteiger partial charge in [0, 0.05) is 33.2 Å². The Morgan fingerprint density at radius 1 is 1.29 bits per heavy atom. The first-order valence-electron chi connectivity index (χ1n) is 11.4. The fourth-order valence-corrected chi connectivity index (χ4v) is 5.12. The lowest BCUT2D eigenvalue weighted by Gasteiger charge is -2.37. The number of hydrogen-bond donors (Lipinski definition) is 0. The minimum atomic E-state index is -1.37. The van der Waals surface area contributed by atoms with Crippen LogP contribution in [0.3, 0.4) is 0 Å². The van der Waals surface area contributed by atoms with E-state index in [-0.39, 0.29) is 23.7 Å². The molecule has 0 bridgehead atoms. The Labute approximate surface area is 203 Å². The summed E-state index contributed by atoms with van der Waals surface area (Å²) in [6.07, 6.45) is 3.75. The van der Waals surface area contributed by atoms with E-state index in [1.165, 1.54) is 4.57 Å². The Bertz CT molecular complexity index is 1050. The molecule has 0 radical (unpaired) electrons. The topological polar surface area (TPSA) is 94.4 Å². The Hall–Kier alpha value is -2.38. The highest BCUT2D eigenvalue weighted by Crippen LogP contribution is 2.47. The van der Waals surface area contributed by atoms with Crippen molar-refractivity contribution in [2.24, 2.45) is 12.0 Å². The second kappa shape index (κ2) is 12.9. The van der Waals surface area contributed by atoms with Crippen LogP contribution in [0.5, 0.6) is 0 Å². The van der Waals surface area contributed by atoms with E-state index in [9.17, 15) is 4.79 Å². The van der Waals surface area contributed by atoms with Gasteiger partial charge < -0.3 is 23.4 Å². The standard InChI is InChI=1S/C22H37N8O3P/c1-10-18(33-34(32-12-11-23-6)30(16(2)3)17(4)5)13-29-15-24-19-20(29)26-22(25-14-27(7)8)28(9)21(19)31/h14-18H,10-13H2,1-5,7-9H3/t18-,34?/m1/s1. The molecule has 0 N–H and O–H groups in total. The number of aliphatic imine (C=N–C) groups is 1. The molecule has 0 aliphatic carbocycles. The maximum absolute atomic E-state index is 12.8. The Kier molecular flexibility index (Phi) is 10.6. The molecule has 2 atom stereocenters. The van der Waals surface area contributed by atoms with E-state index in [1.807, 2.05) is 25.6 Å². The fourth-order valence-electron chi connectivity index (χ4n) is 3.35. The number of aromatic nitrogens is 4. The third-order valence-electron chi connectivity index (χ3n) is 4.97. The number of nitrogens with zero attached hydrogens (tertiary/aromatic N) is 8. The predicted octanol–water partition coefficient (Wildman–Crippen LogP) is 3.43. The second-order valence-corrected chi connectivity index (χ2v) is 10.1. The Morgan fingerprint density at radius 3 is 2.53 bits per heavy atom. The monoisotopic (exact) mass is 492 g/mol. The van der Waals surface area contributed by atoms with Crippen molar-refractivity contribution >= 4 is 32.0 Å². The molecule has 0 spiro atoms. The Balaban J connectivity index is 2.35. The fraction of sp³-hybridized carbons (Fsp3) is 0.682. The molecule has 188 valence electrons. The maximum atomic E-state index is 12.8. The zero-order chi connectivity index (χ0) is 25.4. The summed E-state index contributed by atoms with van der Waals surface area (Å²) in [4.78, 5) is 31.2. The summed E-state index contributed by atoms with van der Waals surface area (Å²) in [7, 11) is 3.96. The first-order chi connectivity index (χ1) is 16.1. The highest BCUT2D eigenvalue weighted by atomic mass is 31.2. The second-order valence-electron chi connectivity index (χ2n) is 8.71. The van der Waals surface area contributed by atoms with Crippen LogP contribution in [0.4, 0.5) is 5.95 Å². The smallest absolute Gasteiger partial charge is 0.282 e. The minimum Gasteiger partial charge on any atom is -0.369 e. The van der Waals surface area contributed by atoms with Crippen LogP contribution in [0.15, 0.2) is 16.1 Å². The normalized spacial score (nSPS) is 13.9. The summed E-state index contributed by atoms with van der Waals surface area (Å²) in [5, 5.41) is 0. The van der Waals surface area contributed by atoms with Crippen molar-refractivity contribution in [1.29, 1.82) is 0 Å². The molecule has 0 aromatic carbocycles. The summed E-state index contributed by atoms with van der Waals surface area (Å²) in [6.45, 7) is 18.6. The van der Waals surface area contributed by atoms with Crippen molar-refractivity contribution in [2.75, 3.05) is 27.2 Å². The van der Waals surface area contributed by atoms with Gasteiger partial charge in [0.25, 0.3) is 14.1 Å². The molecular formula is C22H37N8O3P. The summed E-state index contributed by atoms with van der Waals surface area (Å²) >= 11 is 0. The van der Waals surface area contributed by atoms with Gasteiger partial charge in [-0.3, -0.25) is 9.36 Å². The molecule has 0 saturated carbocycles. The molecule has 1 unspecified atom stereocenters. The van der Waals surface area contributed by atoms with E-state index in [0.717, 1.165) is 6.42 Å². The lowest BCUT2D eigenvalue weighted by molar-refractivity contribution is 0.120. The molecule has 34 heavy (non-hydrogen) atoms. The first-order valence-corrected chi connectivity index (χ1v) is 12.6. The van der Waals surface area contributed by atoms with Crippen LogP contribution in [-0.2, 0) is 22.6 Å². The largest absolute Gasteiger partial charge is 0.369 e. The highest BCUT2D eigenvalue weighted by Gasteiger charge is 2.30. The number of rotatable bonds is 13. The van der Waals surface area contributed by atoms with Gasteiger partial charge in [-0.05, 0) is 34.1 Å². The van der Waals surface area contributed by atoms with E-state index in [4.69, 9.17) is 15.6 Å². The van der Waals surface area contributed by atoms with E-state index in [2.05, 4.69) is 52.2 Å². The van der Waals surface area contributed by atoms with E-state index in [0.29, 0.717) is 36.8 Å².